The highest BCUT2D eigenvalue weighted by molar-refractivity contribution is 5.92. The number of aliphatic hydroxyl groups excluding tert-OH is 1. The predicted octanol–water partition coefficient (Wildman–Crippen LogP) is 2.05. The van der Waals surface area contributed by atoms with Gasteiger partial charge < -0.3 is 9.84 Å². The van der Waals surface area contributed by atoms with E-state index >= 15 is 0 Å². The number of rotatable bonds is 0. The molecule has 3 atom stereocenters. The fourth-order valence-electron chi connectivity index (χ4n) is 3.16. The zero-order valence-corrected chi connectivity index (χ0v) is 10.6. The monoisotopic (exact) mass is 244 g/mol. The lowest BCUT2D eigenvalue weighted by Crippen LogP contribution is -2.29. The maximum absolute atomic E-state index is 11.7. The standard InChI is InChI=1S/C15H16O3/c1-7-4-5-10-8(2)6-11(16)13-9(3)15(17)18-14(13)12(7)10/h4-5,11,13-14,16H,3,6H2,1-2H3. The first-order chi connectivity index (χ1) is 8.50. The highest BCUT2D eigenvalue weighted by Gasteiger charge is 2.47. The molecule has 0 bridgehead atoms. The van der Waals surface area contributed by atoms with Crippen molar-refractivity contribution in [2.24, 2.45) is 5.92 Å². The van der Waals surface area contributed by atoms with Gasteiger partial charge in [0.15, 0.2) is 0 Å². The molecule has 18 heavy (non-hydrogen) atoms. The number of hydrogen-bond donors (Lipinski definition) is 1. The maximum atomic E-state index is 11.7. The normalized spacial score (nSPS) is 34.7. The fraction of sp³-hybridized carbons (Fsp3) is 0.400. The molecular formula is C15H16O3. The summed E-state index contributed by atoms with van der Waals surface area (Å²) >= 11 is 0. The van der Waals surface area contributed by atoms with Crippen molar-refractivity contribution in [2.75, 3.05) is 0 Å². The minimum Gasteiger partial charge on any atom is -0.453 e. The Bertz CT molecular complexity index is 548. The van der Waals surface area contributed by atoms with Gasteiger partial charge >= 0.3 is 5.97 Å². The quantitative estimate of drug-likeness (QED) is 0.524. The summed E-state index contributed by atoms with van der Waals surface area (Å²) < 4.78 is 5.43. The molecule has 1 N–H and O–H groups in total. The third-order valence-electron chi connectivity index (χ3n) is 4.11. The van der Waals surface area contributed by atoms with Crippen molar-refractivity contribution in [2.45, 2.75) is 32.5 Å². The van der Waals surface area contributed by atoms with Gasteiger partial charge in [-0.25, -0.2) is 4.79 Å². The number of fused-ring (bicyclic) bond motifs is 3. The molecule has 3 aliphatic rings. The summed E-state index contributed by atoms with van der Waals surface area (Å²) in [5.74, 6) is -0.690. The summed E-state index contributed by atoms with van der Waals surface area (Å²) in [4.78, 5) is 11.7. The molecule has 0 aromatic carbocycles. The molecule has 0 spiro atoms. The van der Waals surface area contributed by atoms with E-state index in [1.807, 2.05) is 26.0 Å². The number of hydrogen-bond acceptors (Lipinski definition) is 3. The van der Waals surface area contributed by atoms with Gasteiger partial charge in [-0.15, -0.1) is 0 Å². The number of esters is 1. The van der Waals surface area contributed by atoms with E-state index in [1.54, 1.807) is 0 Å². The molecule has 3 rings (SSSR count). The van der Waals surface area contributed by atoms with Gasteiger partial charge in [0, 0.05) is 11.1 Å². The summed E-state index contributed by atoms with van der Waals surface area (Å²) in [6.07, 6.45) is 3.68. The van der Waals surface area contributed by atoms with Crippen LogP contribution in [-0.2, 0) is 9.53 Å². The Morgan fingerprint density at radius 3 is 2.83 bits per heavy atom. The van der Waals surface area contributed by atoms with Gasteiger partial charge in [0.1, 0.15) is 6.10 Å². The third-order valence-corrected chi connectivity index (χ3v) is 4.11. The van der Waals surface area contributed by atoms with Gasteiger partial charge in [0.25, 0.3) is 0 Å². The molecule has 0 aromatic heterocycles. The van der Waals surface area contributed by atoms with Crippen LogP contribution in [0.2, 0.25) is 0 Å². The van der Waals surface area contributed by atoms with Gasteiger partial charge in [-0.2, -0.15) is 0 Å². The first-order valence-electron chi connectivity index (χ1n) is 6.17. The Morgan fingerprint density at radius 2 is 2.11 bits per heavy atom. The zero-order valence-electron chi connectivity index (χ0n) is 10.6. The van der Waals surface area contributed by atoms with Gasteiger partial charge in [-0.05, 0) is 31.4 Å². The highest BCUT2D eigenvalue weighted by Crippen LogP contribution is 2.45. The minimum atomic E-state index is -0.597. The van der Waals surface area contributed by atoms with E-state index < -0.39 is 6.10 Å². The van der Waals surface area contributed by atoms with Crippen molar-refractivity contribution in [3.05, 3.63) is 46.6 Å². The van der Waals surface area contributed by atoms with Crippen LogP contribution in [-0.4, -0.2) is 23.3 Å². The summed E-state index contributed by atoms with van der Waals surface area (Å²) in [5, 5.41) is 10.3. The number of carbonyl (C=O) groups is 1. The molecule has 3 heteroatoms. The Hall–Kier alpha value is -1.61. The third kappa shape index (κ3) is 1.37. The molecule has 1 saturated heterocycles. The Balaban J connectivity index is 2.17. The van der Waals surface area contributed by atoms with E-state index in [2.05, 4.69) is 6.58 Å². The van der Waals surface area contributed by atoms with E-state index in [9.17, 15) is 9.90 Å². The van der Waals surface area contributed by atoms with E-state index in [4.69, 9.17) is 4.74 Å². The first-order valence-corrected chi connectivity index (χ1v) is 6.17. The van der Waals surface area contributed by atoms with E-state index in [0.717, 1.165) is 22.3 Å². The van der Waals surface area contributed by atoms with Crippen LogP contribution in [0.5, 0.6) is 0 Å². The molecule has 94 valence electrons. The summed E-state index contributed by atoms with van der Waals surface area (Å²) in [6, 6.07) is 0. The molecule has 0 saturated carbocycles. The maximum Gasteiger partial charge on any atom is 0.334 e. The van der Waals surface area contributed by atoms with Crippen molar-refractivity contribution < 1.29 is 14.6 Å². The lowest BCUT2D eigenvalue weighted by atomic mass is 9.86. The summed E-state index contributed by atoms with van der Waals surface area (Å²) in [5.41, 5.74) is 4.80. The molecule has 2 aliphatic carbocycles. The summed E-state index contributed by atoms with van der Waals surface area (Å²) in [6.45, 7) is 7.81. The molecule has 3 unspecified atom stereocenters. The van der Waals surface area contributed by atoms with Crippen LogP contribution in [0.25, 0.3) is 0 Å². The van der Waals surface area contributed by atoms with Crippen LogP contribution in [0.15, 0.2) is 46.6 Å². The van der Waals surface area contributed by atoms with Gasteiger partial charge in [0.05, 0.1) is 12.0 Å². The molecule has 1 heterocycles. The van der Waals surface area contributed by atoms with Crippen LogP contribution in [0.1, 0.15) is 20.3 Å². The molecular weight excluding hydrogens is 228 g/mol. The molecule has 0 aromatic rings. The van der Waals surface area contributed by atoms with Crippen molar-refractivity contribution in [1.29, 1.82) is 0 Å². The summed E-state index contributed by atoms with van der Waals surface area (Å²) in [7, 11) is 0. The van der Waals surface area contributed by atoms with E-state index in [-0.39, 0.29) is 18.0 Å². The Morgan fingerprint density at radius 1 is 1.39 bits per heavy atom. The van der Waals surface area contributed by atoms with Crippen molar-refractivity contribution >= 4 is 5.97 Å². The molecule has 0 amide bonds. The lowest BCUT2D eigenvalue weighted by Gasteiger charge is -2.21. The van der Waals surface area contributed by atoms with E-state index in [0.29, 0.717) is 12.0 Å². The average molecular weight is 244 g/mol. The van der Waals surface area contributed by atoms with Crippen LogP contribution >= 0.6 is 0 Å². The van der Waals surface area contributed by atoms with Gasteiger partial charge in [-0.1, -0.05) is 24.3 Å². The van der Waals surface area contributed by atoms with Gasteiger partial charge in [0.2, 0.25) is 0 Å². The SMILES string of the molecule is C=C1C(=O)OC2C3=C(C)C=CC3=C(C)CC(O)C12. The van der Waals surface area contributed by atoms with Crippen molar-refractivity contribution in [1.82, 2.24) is 0 Å². The van der Waals surface area contributed by atoms with Crippen molar-refractivity contribution in [3.63, 3.8) is 0 Å². The number of carbonyl (C=O) groups excluding carboxylic acids is 1. The smallest absolute Gasteiger partial charge is 0.334 e. The fourth-order valence-corrected chi connectivity index (χ4v) is 3.16. The van der Waals surface area contributed by atoms with Crippen LogP contribution in [0.3, 0.4) is 0 Å². The highest BCUT2D eigenvalue weighted by atomic mass is 16.6. The number of aliphatic hydroxyl groups is 1. The van der Waals surface area contributed by atoms with E-state index in [1.165, 1.54) is 0 Å². The van der Waals surface area contributed by atoms with Crippen LogP contribution in [0, 0.1) is 5.92 Å². The number of allylic oxidation sites excluding steroid dienone is 3. The second kappa shape index (κ2) is 3.69. The zero-order chi connectivity index (χ0) is 13.0. The Labute approximate surface area is 106 Å². The molecule has 3 nitrogen and oxygen atoms in total. The van der Waals surface area contributed by atoms with Gasteiger partial charge in [-0.3, -0.25) is 0 Å². The molecule has 1 aliphatic heterocycles. The van der Waals surface area contributed by atoms with Crippen LogP contribution < -0.4 is 0 Å². The predicted molar refractivity (Wildman–Crippen MR) is 67.7 cm³/mol. The largest absolute Gasteiger partial charge is 0.453 e. The molecule has 0 radical (unpaired) electrons. The average Bonchev–Trinajstić information content (AvgIpc) is 2.77. The van der Waals surface area contributed by atoms with Crippen molar-refractivity contribution in [3.8, 4) is 0 Å². The molecule has 1 fully saturated rings. The Kier molecular flexibility index (Phi) is 2.35. The second-order valence-electron chi connectivity index (χ2n) is 5.27. The number of ether oxygens (including phenoxy) is 1. The topological polar surface area (TPSA) is 46.5 Å². The second-order valence-corrected chi connectivity index (χ2v) is 5.27. The minimum absolute atomic E-state index is 0.310. The van der Waals surface area contributed by atoms with Crippen LogP contribution in [0.4, 0.5) is 0 Å². The first kappa shape index (κ1) is 11.5. The lowest BCUT2D eigenvalue weighted by molar-refractivity contribution is -0.137.